The van der Waals surface area contributed by atoms with Crippen molar-refractivity contribution in [1.29, 1.82) is 0 Å². The number of carbonyl (C=O) groups excluding carboxylic acids is 1. The van der Waals surface area contributed by atoms with Gasteiger partial charge in [0.05, 0.1) is 6.33 Å². The van der Waals surface area contributed by atoms with Crippen molar-refractivity contribution in [2.45, 2.75) is 12.5 Å². The summed E-state index contributed by atoms with van der Waals surface area (Å²) in [4.78, 5) is 26.4. The van der Waals surface area contributed by atoms with Crippen LogP contribution in [-0.4, -0.2) is 46.3 Å². The second-order valence-corrected chi connectivity index (χ2v) is 3.57. The zero-order valence-corrected chi connectivity index (χ0v) is 9.71. The minimum atomic E-state index is -1.09. The van der Waals surface area contributed by atoms with E-state index >= 15 is 0 Å². The SMILES string of the molecule is COCCC(NC(=O)c1cn(C)cn1)C(=O)O. The number of methoxy groups -OCH3 is 1. The Morgan fingerprint density at radius 1 is 1.65 bits per heavy atom. The fourth-order valence-corrected chi connectivity index (χ4v) is 1.26. The first-order valence-electron chi connectivity index (χ1n) is 5.05. The maximum absolute atomic E-state index is 11.6. The standard InChI is InChI=1S/C10H15N3O4/c1-13-5-8(11-6-13)9(14)12-7(10(15)16)3-4-17-2/h5-7H,3-4H2,1-2H3,(H,12,14)(H,15,16). The summed E-state index contributed by atoms with van der Waals surface area (Å²) in [6.07, 6.45) is 3.20. The first kappa shape index (κ1) is 13.2. The van der Waals surface area contributed by atoms with Crippen molar-refractivity contribution in [3.63, 3.8) is 0 Å². The average molecular weight is 241 g/mol. The van der Waals surface area contributed by atoms with Gasteiger partial charge >= 0.3 is 5.97 Å². The summed E-state index contributed by atoms with van der Waals surface area (Å²) in [5, 5.41) is 11.3. The topological polar surface area (TPSA) is 93.5 Å². The second-order valence-electron chi connectivity index (χ2n) is 3.57. The van der Waals surface area contributed by atoms with Crippen molar-refractivity contribution in [1.82, 2.24) is 14.9 Å². The lowest BCUT2D eigenvalue weighted by Crippen LogP contribution is -2.41. The molecule has 0 aliphatic rings. The Labute approximate surface area is 98.4 Å². The molecule has 17 heavy (non-hydrogen) atoms. The number of nitrogens with zero attached hydrogens (tertiary/aromatic N) is 2. The van der Waals surface area contributed by atoms with Gasteiger partial charge in [-0.05, 0) is 0 Å². The Morgan fingerprint density at radius 3 is 2.82 bits per heavy atom. The molecule has 0 bridgehead atoms. The molecular formula is C10H15N3O4. The highest BCUT2D eigenvalue weighted by molar-refractivity contribution is 5.94. The molecule has 1 aromatic heterocycles. The fraction of sp³-hybridized carbons (Fsp3) is 0.500. The molecule has 1 amide bonds. The molecule has 94 valence electrons. The van der Waals surface area contributed by atoms with E-state index in [1.165, 1.54) is 19.6 Å². The third-order valence-electron chi connectivity index (χ3n) is 2.15. The van der Waals surface area contributed by atoms with E-state index in [4.69, 9.17) is 9.84 Å². The summed E-state index contributed by atoms with van der Waals surface area (Å²) in [5.74, 6) is -1.60. The number of carboxylic acid groups (broad SMARTS) is 1. The van der Waals surface area contributed by atoms with Crippen LogP contribution < -0.4 is 5.32 Å². The summed E-state index contributed by atoms with van der Waals surface area (Å²) in [5.41, 5.74) is 0.191. The van der Waals surface area contributed by atoms with E-state index in [1.54, 1.807) is 11.6 Å². The van der Waals surface area contributed by atoms with Crippen LogP contribution in [0.2, 0.25) is 0 Å². The monoisotopic (exact) mass is 241 g/mol. The zero-order chi connectivity index (χ0) is 12.8. The number of ether oxygens (including phenoxy) is 1. The van der Waals surface area contributed by atoms with Crippen molar-refractivity contribution in [3.8, 4) is 0 Å². The van der Waals surface area contributed by atoms with Crippen molar-refractivity contribution in [2.24, 2.45) is 7.05 Å². The molecule has 0 aliphatic carbocycles. The van der Waals surface area contributed by atoms with Crippen LogP contribution in [0.15, 0.2) is 12.5 Å². The minimum absolute atomic E-state index is 0.191. The van der Waals surface area contributed by atoms with E-state index in [2.05, 4.69) is 10.3 Å². The number of carboxylic acids is 1. The number of amides is 1. The number of carbonyl (C=O) groups is 2. The van der Waals surface area contributed by atoms with E-state index in [9.17, 15) is 9.59 Å². The van der Waals surface area contributed by atoms with E-state index in [0.717, 1.165) is 0 Å². The Morgan fingerprint density at radius 2 is 2.35 bits per heavy atom. The van der Waals surface area contributed by atoms with Gasteiger partial charge in [0, 0.05) is 33.4 Å². The number of nitrogens with one attached hydrogen (secondary N) is 1. The summed E-state index contributed by atoms with van der Waals surface area (Å²) < 4.78 is 6.39. The largest absolute Gasteiger partial charge is 0.480 e. The molecule has 1 atom stereocenters. The Hall–Kier alpha value is -1.89. The number of aromatic nitrogens is 2. The van der Waals surface area contributed by atoms with Gasteiger partial charge in [0.1, 0.15) is 11.7 Å². The molecule has 1 rings (SSSR count). The van der Waals surface area contributed by atoms with Gasteiger partial charge in [-0.3, -0.25) is 4.79 Å². The summed E-state index contributed by atoms with van der Waals surface area (Å²) in [7, 11) is 3.20. The van der Waals surface area contributed by atoms with Gasteiger partial charge < -0.3 is 19.7 Å². The van der Waals surface area contributed by atoms with Crippen molar-refractivity contribution >= 4 is 11.9 Å². The maximum atomic E-state index is 11.6. The molecule has 0 saturated heterocycles. The molecule has 0 spiro atoms. The average Bonchev–Trinajstić information content (AvgIpc) is 2.70. The van der Waals surface area contributed by atoms with E-state index in [1.807, 2.05) is 0 Å². The van der Waals surface area contributed by atoms with Crippen LogP contribution in [0.5, 0.6) is 0 Å². The first-order chi connectivity index (χ1) is 8.04. The molecule has 0 fully saturated rings. The van der Waals surface area contributed by atoms with Crippen LogP contribution in [0.4, 0.5) is 0 Å². The molecule has 0 radical (unpaired) electrons. The van der Waals surface area contributed by atoms with Crippen LogP contribution in [0.25, 0.3) is 0 Å². The number of hydrogen-bond donors (Lipinski definition) is 2. The van der Waals surface area contributed by atoms with E-state index in [0.29, 0.717) is 0 Å². The van der Waals surface area contributed by atoms with Crippen LogP contribution in [0.3, 0.4) is 0 Å². The predicted molar refractivity (Wildman–Crippen MR) is 58.6 cm³/mol. The van der Waals surface area contributed by atoms with Gasteiger partial charge in [0.15, 0.2) is 0 Å². The zero-order valence-electron chi connectivity index (χ0n) is 9.71. The lowest BCUT2D eigenvalue weighted by atomic mass is 10.2. The van der Waals surface area contributed by atoms with Gasteiger partial charge in [-0.2, -0.15) is 0 Å². The molecular weight excluding hydrogens is 226 g/mol. The molecule has 7 nitrogen and oxygen atoms in total. The summed E-state index contributed by atoms with van der Waals surface area (Å²) >= 11 is 0. The normalized spacial score (nSPS) is 12.1. The quantitative estimate of drug-likeness (QED) is 0.709. The lowest BCUT2D eigenvalue weighted by Gasteiger charge is -2.12. The van der Waals surface area contributed by atoms with Gasteiger partial charge in [-0.1, -0.05) is 0 Å². The van der Waals surface area contributed by atoms with Crippen LogP contribution in [0.1, 0.15) is 16.9 Å². The Kier molecular flexibility index (Phi) is 4.65. The molecule has 1 heterocycles. The molecule has 0 aromatic carbocycles. The number of imidazole rings is 1. The Balaban J connectivity index is 2.60. The van der Waals surface area contributed by atoms with Gasteiger partial charge in [-0.15, -0.1) is 0 Å². The van der Waals surface area contributed by atoms with Gasteiger partial charge in [-0.25, -0.2) is 9.78 Å². The third-order valence-corrected chi connectivity index (χ3v) is 2.15. The maximum Gasteiger partial charge on any atom is 0.326 e. The van der Waals surface area contributed by atoms with E-state index < -0.39 is 17.9 Å². The van der Waals surface area contributed by atoms with E-state index in [-0.39, 0.29) is 18.7 Å². The smallest absolute Gasteiger partial charge is 0.326 e. The van der Waals surface area contributed by atoms with Crippen LogP contribution in [-0.2, 0) is 16.6 Å². The Bertz CT molecular complexity index is 402. The van der Waals surface area contributed by atoms with Crippen molar-refractivity contribution in [2.75, 3.05) is 13.7 Å². The highest BCUT2D eigenvalue weighted by Gasteiger charge is 2.21. The number of aliphatic carboxylic acids is 1. The summed E-state index contributed by atoms with van der Waals surface area (Å²) in [6.45, 7) is 0.263. The third kappa shape index (κ3) is 3.87. The highest BCUT2D eigenvalue weighted by Crippen LogP contribution is 1.98. The minimum Gasteiger partial charge on any atom is -0.480 e. The van der Waals surface area contributed by atoms with Gasteiger partial charge in [0.25, 0.3) is 5.91 Å². The molecule has 1 aromatic rings. The lowest BCUT2D eigenvalue weighted by molar-refractivity contribution is -0.139. The second kappa shape index (κ2) is 6.00. The molecule has 0 saturated carbocycles. The predicted octanol–water partition coefficient (Wildman–Crippen LogP) is -0.360. The number of rotatable bonds is 6. The van der Waals surface area contributed by atoms with Crippen LogP contribution in [0, 0.1) is 0 Å². The first-order valence-corrected chi connectivity index (χ1v) is 5.05. The molecule has 7 heteroatoms. The highest BCUT2D eigenvalue weighted by atomic mass is 16.5. The van der Waals surface area contributed by atoms with Crippen molar-refractivity contribution < 1.29 is 19.4 Å². The number of aryl methyl sites for hydroxylation is 1. The molecule has 0 aliphatic heterocycles. The van der Waals surface area contributed by atoms with Gasteiger partial charge in [0.2, 0.25) is 0 Å². The summed E-state index contributed by atoms with van der Waals surface area (Å²) in [6, 6.07) is -0.968. The fourth-order valence-electron chi connectivity index (χ4n) is 1.26. The molecule has 2 N–H and O–H groups in total. The van der Waals surface area contributed by atoms with Crippen LogP contribution >= 0.6 is 0 Å². The molecule has 1 unspecified atom stereocenters. The van der Waals surface area contributed by atoms with Crippen molar-refractivity contribution in [3.05, 3.63) is 18.2 Å². The number of hydrogen-bond acceptors (Lipinski definition) is 4.